The summed E-state index contributed by atoms with van der Waals surface area (Å²) in [6.07, 6.45) is 0. The molecule has 0 saturated heterocycles. The lowest BCUT2D eigenvalue weighted by atomic mass is 9.83. The first-order valence-electron chi connectivity index (χ1n) is 13.3. The van der Waals surface area contributed by atoms with Gasteiger partial charge in [-0.3, -0.25) is 0 Å². The van der Waals surface area contributed by atoms with Gasteiger partial charge in [0.15, 0.2) is 11.4 Å². The van der Waals surface area contributed by atoms with E-state index in [4.69, 9.17) is 0 Å². The summed E-state index contributed by atoms with van der Waals surface area (Å²) in [5, 5.41) is 2.68. The van der Waals surface area contributed by atoms with E-state index in [1.807, 2.05) is 11.3 Å². The molecule has 0 amide bonds. The van der Waals surface area contributed by atoms with E-state index >= 15 is 0 Å². The van der Waals surface area contributed by atoms with Crippen LogP contribution >= 0.6 is 11.3 Å². The SMILES string of the molecule is Cc1ccccc1-c1cccc(C(C)(C)c2cccc(-c3c(C)ccc4c3sc3ccccc34)[n+]2C)[n+]1C. The van der Waals surface area contributed by atoms with Crippen molar-refractivity contribution < 1.29 is 9.13 Å². The smallest absolute Gasteiger partial charge is 0.197 e. The van der Waals surface area contributed by atoms with Crippen molar-refractivity contribution in [2.45, 2.75) is 33.1 Å². The van der Waals surface area contributed by atoms with Crippen LogP contribution in [0.3, 0.4) is 0 Å². The molecule has 3 heteroatoms. The average Bonchev–Trinajstić information content (AvgIpc) is 3.28. The van der Waals surface area contributed by atoms with E-state index in [1.54, 1.807) is 0 Å². The van der Waals surface area contributed by atoms with Crippen molar-refractivity contribution in [2.75, 3.05) is 0 Å². The van der Waals surface area contributed by atoms with Gasteiger partial charge in [-0.2, -0.15) is 9.13 Å². The van der Waals surface area contributed by atoms with Crippen LogP contribution in [0.2, 0.25) is 0 Å². The molecule has 0 aliphatic rings. The van der Waals surface area contributed by atoms with Crippen molar-refractivity contribution in [2.24, 2.45) is 14.1 Å². The van der Waals surface area contributed by atoms with Gasteiger partial charge in [0.25, 0.3) is 0 Å². The van der Waals surface area contributed by atoms with Crippen LogP contribution in [0, 0.1) is 13.8 Å². The number of thiophene rings is 1. The van der Waals surface area contributed by atoms with Crippen molar-refractivity contribution in [3.63, 3.8) is 0 Å². The Balaban J connectivity index is 1.54. The van der Waals surface area contributed by atoms with Crippen molar-refractivity contribution >= 4 is 31.5 Å². The van der Waals surface area contributed by atoms with E-state index in [2.05, 4.69) is 148 Å². The van der Waals surface area contributed by atoms with Crippen LogP contribution in [-0.4, -0.2) is 0 Å². The number of aromatic nitrogens is 2. The summed E-state index contributed by atoms with van der Waals surface area (Å²) in [5.74, 6) is 0. The Morgan fingerprint density at radius 3 is 1.95 bits per heavy atom. The fourth-order valence-electron chi connectivity index (χ4n) is 6.14. The number of rotatable bonds is 4. The molecule has 0 spiro atoms. The van der Waals surface area contributed by atoms with Crippen LogP contribution < -0.4 is 9.13 Å². The molecule has 38 heavy (non-hydrogen) atoms. The molecule has 0 aliphatic heterocycles. The predicted octanol–water partition coefficient (Wildman–Crippen LogP) is 7.98. The lowest BCUT2D eigenvalue weighted by molar-refractivity contribution is -0.686. The second kappa shape index (κ2) is 9.18. The minimum Gasteiger partial charge on any atom is -0.197 e. The Labute approximate surface area is 229 Å². The van der Waals surface area contributed by atoms with Gasteiger partial charge in [0, 0.05) is 50.0 Å². The molecular formula is C35H34N2S+2. The van der Waals surface area contributed by atoms with E-state index in [1.165, 1.54) is 65.2 Å². The van der Waals surface area contributed by atoms with Crippen LogP contribution in [-0.2, 0) is 19.5 Å². The third-order valence-corrected chi connectivity index (χ3v) is 9.38. The minimum atomic E-state index is -0.222. The number of fused-ring (bicyclic) bond motifs is 3. The molecule has 3 aromatic carbocycles. The first-order valence-corrected chi connectivity index (χ1v) is 14.1. The summed E-state index contributed by atoms with van der Waals surface area (Å²) >= 11 is 1.90. The van der Waals surface area contributed by atoms with E-state index in [-0.39, 0.29) is 5.41 Å². The maximum atomic E-state index is 2.41. The second-order valence-corrected chi connectivity index (χ2v) is 11.9. The van der Waals surface area contributed by atoms with Gasteiger partial charge in [-0.15, -0.1) is 11.3 Å². The summed E-state index contributed by atoms with van der Waals surface area (Å²) in [5.41, 5.74) is 10.0. The molecule has 0 saturated carbocycles. The van der Waals surface area contributed by atoms with Crippen LogP contribution in [0.4, 0.5) is 0 Å². The normalized spacial score (nSPS) is 11.9. The fourth-order valence-corrected chi connectivity index (χ4v) is 7.45. The van der Waals surface area contributed by atoms with Gasteiger partial charge >= 0.3 is 0 Å². The largest absolute Gasteiger partial charge is 0.214 e. The monoisotopic (exact) mass is 514 g/mol. The molecule has 0 aliphatic carbocycles. The zero-order valence-electron chi connectivity index (χ0n) is 23.0. The van der Waals surface area contributed by atoms with Gasteiger partial charge in [0.1, 0.15) is 19.5 Å². The molecule has 188 valence electrons. The highest BCUT2D eigenvalue weighted by Crippen LogP contribution is 2.41. The molecule has 0 fully saturated rings. The van der Waals surface area contributed by atoms with Gasteiger partial charge in [0.2, 0.25) is 11.4 Å². The van der Waals surface area contributed by atoms with Crippen LogP contribution in [0.1, 0.15) is 36.4 Å². The van der Waals surface area contributed by atoms with Gasteiger partial charge in [-0.1, -0.05) is 48.5 Å². The van der Waals surface area contributed by atoms with Crippen molar-refractivity contribution in [3.8, 4) is 22.5 Å². The molecule has 0 atom stereocenters. The van der Waals surface area contributed by atoms with Gasteiger partial charge in [-0.05, 0) is 63.1 Å². The van der Waals surface area contributed by atoms with Crippen LogP contribution in [0.15, 0.2) is 97.1 Å². The van der Waals surface area contributed by atoms with Crippen molar-refractivity contribution in [3.05, 3.63) is 120 Å². The van der Waals surface area contributed by atoms with Crippen molar-refractivity contribution in [1.82, 2.24) is 0 Å². The van der Waals surface area contributed by atoms with E-state index in [0.29, 0.717) is 0 Å². The number of nitrogens with zero attached hydrogens (tertiary/aromatic N) is 2. The summed E-state index contributed by atoms with van der Waals surface area (Å²) < 4.78 is 7.48. The van der Waals surface area contributed by atoms with Gasteiger partial charge in [-0.25, -0.2) is 0 Å². The lowest BCUT2D eigenvalue weighted by Crippen LogP contribution is -2.49. The number of benzene rings is 3. The van der Waals surface area contributed by atoms with E-state index in [9.17, 15) is 0 Å². The summed E-state index contributed by atoms with van der Waals surface area (Å²) in [4.78, 5) is 0. The first kappa shape index (κ1) is 24.5. The molecule has 0 N–H and O–H groups in total. The van der Waals surface area contributed by atoms with Gasteiger partial charge in [0.05, 0.1) is 5.56 Å². The van der Waals surface area contributed by atoms with Crippen LogP contribution in [0.25, 0.3) is 42.7 Å². The Morgan fingerprint density at radius 2 is 1.21 bits per heavy atom. The maximum absolute atomic E-state index is 2.41. The van der Waals surface area contributed by atoms with E-state index in [0.717, 1.165) is 0 Å². The highest BCUT2D eigenvalue weighted by atomic mass is 32.1. The molecule has 6 aromatic rings. The summed E-state index contributed by atoms with van der Waals surface area (Å²) in [6, 6.07) is 35.4. The van der Waals surface area contributed by atoms with Crippen molar-refractivity contribution in [1.29, 1.82) is 0 Å². The summed E-state index contributed by atoms with van der Waals surface area (Å²) in [7, 11) is 4.42. The standard InChI is InChI=1S/C35H34N2S/c1-23-13-7-8-14-25(23)28-16-11-19-31(36(28)5)35(3,4)32-20-12-17-29(37(32)6)33-24(2)21-22-27-26-15-9-10-18-30(26)38-34(27)33/h7-22H,1-6H3/q+2. The number of pyridine rings is 2. The third-order valence-electron chi connectivity index (χ3n) is 8.17. The lowest BCUT2D eigenvalue weighted by Gasteiger charge is -2.22. The second-order valence-electron chi connectivity index (χ2n) is 10.9. The average molecular weight is 515 g/mol. The zero-order valence-corrected chi connectivity index (χ0v) is 23.9. The molecule has 3 aromatic heterocycles. The highest BCUT2D eigenvalue weighted by molar-refractivity contribution is 7.26. The number of hydrogen-bond acceptors (Lipinski definition) is 1. The topological polar surface area (TPSA) is 7.76 Å². The van der Waals surface area contributed by atoms with Gasteiger partial charge < -0.3 is 0 Å². The molecule has 0 bridgehead atoms. The molecule has 3 heterocycles. The molecule has 6 rings (SSSR count). The Kier molecular flexibility index (Phi) is 5.92. The zero-order chi connectivity index (χ0) is 26.6. The van der Waals surface area contributed by atoms with Crippen LogP contribution in [0.5, 0.6) is 0 Å². The number of hydrogen-bond donors (Lipinski definition) is 0. The number of aryl methyl sites for hydroxylation is 2. The molecule has 0 unspecified atom stereocenters. The Morgan fingerprint density at radius 1 is 0.579 bits per heavy atom. The third kappa shape index (κ3) is 3.76. The Hall–Kier alpha value is -3.82. The predicted molar refractivity (Wildman–Crippen MR) is 161 cm³/mol. The fraction of sp³-hybridized carbons (Fsp3) is 0.200. The maximum Gasteiger partial charge on any atom is 0.214 e. The first-order chi connectivity index (χ1) is 18.3. The minimum absolute atomic E-state index is 0.222. The quantitative estimate of drug-likeness (QED) is 0.211. The molecule has 0 radical (unpaired) electrons. The molecule has 2 nitrogen and oxygen atoms in total. The Bertz CT molecular complexity index is 1840. The highest BCUT2D eigenvalue weighted by Gasteiger charge is 2.40. The van der Waals surface area contributed by atoms with E-state index < -0.39 is 0 Å². The molecular weight excluding hydrogens is 480 g/mol. The summed E-state index contributed by atoms with van der Waals surface area (Å²) in [6.45, 7) is 9.11.